The second-order valence-electron chi connectivity index (χ2n) is 19.3. The zero-order valence-corrected chi connectivity index (χ0v) is 34.5. The van der Waals surface area contributed by atoms with Crippen LogP contribution in [0.5, 0.6) is 11.5 Å². The number of likely N-dealkylation sites (tertiary alicyclic amines) is 1. The highest BCUT2D eigenvalue weighted by Crippen LogP contribution is 2.53. The van der Waals surface area contributed by atoms with Crippen molar-refractivity contribution in [1.29, 1.82) is 0 Å². The molecular formula is C51H56N4O5. The monoisotopic (exact) mass is 804 g/mol. The molecule has 7 aliphatic rings. The number of benzene rings is 4. The van der Waals surface area contributed by atoms with Gasteiger partial charge in [-0.1, -0.05) is 54.6 Å². The van der Waals surface area contributed by atoms with Crippen LogP contribution in [0.3, 0.4) is 0 Å². The number of hydrogen-bond acceptors (Lipinski definition) is 7. The molecule has 0 aromatic heterocycles. The lowest BCUT2D eigenvalue weighted by molar-refractivity contribution is -0.136. The van der Waals surface area contributed by atoms with Gasteiger partial charge in [0.25, 0.3) is 5.91 Å². The number of carbonyl (C=O) groups is 3. The number of piperidine rings is 3. The molecule has 9 heteroatoms. The number of anilines is 1. The lowest BCUT2D eigenvalue weighted by atomic mass is 9.69. The summed E-state index contributed by atoms with van der Waals surface area (Å²) in [4.78, 5) is 44.8. The van der Waals surface area contributed by atoms with Crippen LogP contribution < -0.4 is 15.0 Å². The normalized spacial score (nSPS) is 26.8. The molecule has 0 radical (unpaired) electrons. The maximum atomic E-state index is 13.4. The van der Waals surface area contributed by atoms with Gasteiger partial charge in [0, 0.05) is 59.8 Å². The number of phenols is 1. The minimum Gasteiger partial charge on any atom is -0.508 e. The van der Waals surface area contributed by atoms with E-state index in [1.54, 1.807) is 4.90 Å². The highest BCUT2D eigenvalue weighted by molar-refractivity contribution is 6.05. The highest BCUT2D eigenvalue weighted by Gasteiger charge is 2.49. The largest absolute Gasteiger partial charge is 0.508 e. The lowest BCUT2D eigenvalue weighted by Crippen LogP contribution is -2.52. The van der Waals surface area contributed by atoms with Crippen molar-refractivity contribution in [3.05, 3.63) is 124 Å². The first-order valence-corrected chi connectivity index (χ1v) is 22.6. The minimum absolute atomic E-state index is 0.0254. The molecule has 0 bridgehead atoms. The maximum Gasteiger partial charge on any atom is 0.255 e. The summed E-state index contributed by atoms with van der Waals surface area (Å²) in [5.41, 5.74) is 9.93. The van der Waals surface area contributed by atoms with E-state index in [0.29, 0.717) is 42.2 Å². The number of carbonyl (C=O) groups excluding carboxylic acids is 3. The number of rotatable bonds is 6. The van der Waals surface area contributed by atoms with E-state index in [-0.39, 0.29) is 35.5 Å². The number of hydrogen-bond donors (Lipinski definition) is 2. The summed E-state index contributed by atoms with van der Waals surface area (Å²) < 4.78 is 6.45. The predicted molar refractivity (Wildman–Crippen MR) is 230 cm³/mol. The van der Waals surface area contributed by atoms with Gasteiger partial charge in [0.1, 0.15) is 17.5 Å². The summed E-state index contributed by atoms with van der Waals surface area (Å²) in [5.74, 6) is 1.86. The summed E-state index contributed by atoms with van der Waals surface area (Å²) in [6.07, 6.45) is 11.3. The van der Waals surface area contributed by atoms with Gasteiger partial charge < -0.3 is 24.5 Å². The van der Waals surface area contributed by atoms with Crippen LogP contribution in [0.2, 0.25) is 0 Å². The molecule has 9 nitrogen and oxygen atoms in total. The molecule has 2 unspecified atom stereocenters. The van der Waals surface area contributed by atoms with Gasteiger partial charge in [-0.15, -0.1) is 0 Å². The first-order valence-electron chi connectivity index (χ1n) is 22.6. The fraction of sp³-hybridized carbons (Fsp3) is 0.471. The second kappa shape index (κ2) is 14.8. The van der Waals surface area contributed by atoms with Crippen LogP contribution in [-0.2, 0) is 28.0 Å². The molecule has 11 rings (SSSR count). The van der Waals surface area contributed by atoms with E-state index in [2.05, 4.69) is 81.8 Å². The van der Waals surface area contributed by atoms with Gasteiger partial charge >= 0.3 is 0 Å². The molecule has 3 amide bonds. The maximum absolute atomic E-state index is 13.4. The number of imide groups is 1. The number of ether oxygens (including phenoxy) is 1. The summed E-state index contributed by atoms with van der Waals surface area (Å²) in [6, 6.07) is 29.9. The summed E-state index contributed by atoms with van der Waals surface area (Å²) >= 11 is 0. The Morgan fingerprint density at radius 1 is 0.783 bits per heavy atom. The van der Waals surface area contributed by atoms with Gasteiger partial charge in [0.2, 0.25) is 11.8 Å². The van der Waals surface area contributed by atoms with Crippen molar-refractivity contribution in [2.24, 2.45) is 11.3 Å². The molecule has 310 valence electrons. The minimum atomic E-state index is -0.616. The zero-order chi connectivity index (χ0) is 40.6. The molecule has 3 saturated heterocycles. The van der Waals surface area contributed by atoms with Gasteiger partial charge in [0.15, 0.2) is 0 Å². The Balaban J connectivity index is 0.697. The van der Waals surface area contributed by atoms with E-state index >= 15 is 0 Å². The molecule has 4 aromatic carbocycles. The van der Waals surface area contributed by atoms with E-state index < -0.39 is 6.04 Å². The first kappa shape index (κ1) is 37.8. The molecule has 1 saturated carbocycles. The van der Waals surface area contributed by atoms with Crippen molar-refractivity contribution < 1.29 is 24.2 Å². The fourth-order valence-electron chi connectivity index (χ4n) is 12.8. The molecule has 4 aromatic rings. The first-order chi connectivity index (χ1) is 29.2. The van der Waals surface area contributed by atoms with Crippen LogP contribution in [0, 0.1) is 11.3 Å². The number of phenolic OH excluding ortho intramolecular Hbond substituents is 1. The lowest BCUT2D eigenvalue weighted by Gasteiger charge is -2.42. The van der Waals surface area contributed by atoms with Crippen LogP contribution >= 0.6 is 0 Å². The Morgan fingerprint density at radius 2 is 1.58 bits per heavy atom. The van der Waals surface area contributed by atoms with Crippen molar-refractivity contribution in [2.75, 3.05) is 44.2 Å². The summed E-state index contributed by atoms with van der Waals surface area (Å²) in [5, 5.41) is 12.7. The molecule has 2 spiro atoms. The standard InChI is InChI=1S/C51H56N4O5/c56-38-11-13-40-36(28-38)8-12-39(34-4-2-1-3-5-34)46(40)35-6-9-37(10-7-35)54-26-20-50(21-27-54)19-18-33(29-50)30-53-24-22-51(23-25-53)32-60-47-42-31-55(44-16-17-45(57)52-48(44)58)49(59)41(42)14-15-43(47)51/h1-7,9-11,13-15,28,33,39,44,46,56H,8,12,16-27,29-32H2,(H,52,57,58)/t33?,39-,44?,46+/m1/s1. The Morgan fingerprint density at radius 3 is 2.37 bits per heavy atom. The third-order valence-corrected chi connectivity index (χ3v) is 16.1. The predicted octanol–water partition coefficient (Wildman–Crippen LogP) is 7.83. The second-order valence-corrected chi connectivity index (χ2v) is 19.3. The van der Waals surface area contributed by atoms with Gasteiger partial charge in [-0.2, -0.15) is 0 Å². The molecule has 60 heavy (non-hydrogen) atoms. The number of nitrogens with one attached hydrogen (secondary N) is 1. The molecule has 4 atom stereocenters. The topological polar surface area (TPSA) is 102 Å². The zero-order valence-electron chi connectivity index (χ0n) is 34.5. The van der Waals surface area contributed by atoms with E-state index in [1.807, 2.05) is 18.2 Å². The SMILES string of the molecule is O=C1CCC(N2Cc3c(ccc4c3OCC43CCN(CC4CCC5(CCN(c6ccc([C@@H]7c8ccc(O)cc8CC[C@@H]7c7ccccc7)cc6)CC5)C4)CC3)C2=O)C(=O)N1. The average molecular weight is 805 g/mol. The Bertz CT molecular complexity index is 2330. The molecule has 2 aliphatic carbocycles. The molecule has 2 N–H and O–H groups in total. The van der Waals surface area contributed by atoms with Gasteiger partial charge in [-0.05, 0) is 147 Å². The average Bonchev–Trinajstić information content (AvgIpc) is 3.95. The van der Waals surface area contributed by atoms with Crippen LogP contribution in [0.25, 0.3) is 0 Å². The van der Waals surface area contributed by atoms with Crippen molar-refractivity contribution >= 4 is 23.4 Å². The van der Waals surface area contributed by atoms with Crippen molar-refractivity contribution in [3.8, 4) is 11.5 Å². The fourth-order valence-corrected chi connectivity index (χ4v) is 12.8. The highest BCUT2D eigenvalue weighted by atomic mass is 16.5. The summed E-state index contributed by atoms with van der Waals surface area (Å²) in [7, 11) is 0. The number of aromatic hydroxyl groups is 1. The number of amides is 3. The van der Waals surface area contributed by atoms with Crippen LogP contribution in [0.15, 0.2) is 84.9 Å². The van der Waals surface area contributed by atoms with E-state index in [0.717, 1.165) is 69.1 Å². The third kappa shape index (κ3) is 6.50. The Kier molecular flexibility index (Phi) is 9.32. The number of fused-ring (bicyclic) bond motifs is 5. The Hall–Kier alpha value is -5.15. The van der Waals surface area contributed by atoms with E-state index in [4.69, 9.17) is 4.74 Å². The van der Waals surface area contributed by atoms with Gasteiger partial charge in [-0.3, -0.25) is 19.7 Å². The van der Waals surface area contributed by atoms with Crippen LogP contribution in [0.4, 0.5) is 5.69 Å². The van der Waals surface area contributed by atoms with Gasteiger partial charge in [0.05, 0.1) is 13.2 Å². The molecule has 4 fully saturated rings. The smallest absolute Gasteiger partial charge is 0.255 e. The summed E-state index contributed by atoms with van der Waals surface area (Å²) in [6.45, 7) is 6.57. The molecule has 5 aliphatic heterocycles. The molecular weight excluding hydrogens is 749 g/mol. The quantitative estimate of drug-likeness (QED) is 0.192. The van der Waals surface area contributed by atoms with Crippen molar-refractivity contribution in [3.63, 3.8) is 0 Å². The van der Waals surface area contributed by atoms with E-state index in [1.165, 1.54) is 72.2 Å². The Labute approximate surface area is 353 Å². The van der Waals surface area contributed by atoms with Crippen LogP contribution in [0.1, 0.15) is 120 Å². The van der Waals surface area contributed by atoms with Crippen molar-refractivity contribution in [2.45, 2.75) is 100 Å². The van der Waals surface area contributed by atoms with E-state index in [9.17, 15) is 19.5 Å². The number of aryl methyl sites for hydroxylation is 1. The molecule has 5 heterocycles. The third-order valence-electron chi connectivity index (χ3n) is 16.1. The van der Waals surface area contributed by atoms with Crippen LogP contribution in [-0.4, -0.2) is 78.0 Å². The van der Waals surface area contributed by atoms with Crippen molar-refractivity contribution in [1.82, 2.24) is 15.1 Å². The number of nitrogens with zero attached hydrogens (tertiary/aromatic N) is 3. The van der Waals surface area contributed by atoms with Gasteiger partial charge in [-0.25, -0.2) is 0 Å².